The van der Waals surface area contributed by atoms with Gasteiger partial charge in [-0.1, -0.05) is 18.9 Å². The number of aliphatic hydroxyl groups is 1. The molecule has 1 atom stereocenters. The van der Waals surface area contributed by atoms with Crippen LogP contribution in [0.25, 0.3) is 0 Å². The molecule has 0 aromatic carbocycles. The normalized spacial score (nSPS) is 15.8. The van der Waals surface area contributed by atoms with E-state index in [1.807, 2.05) is 13.8 Å². The average Bonchev–Trinajstić information content (AvgIpc) is 2.06. The van der Waals surface area contributed by atoms with Crippen LogP contribution in [0.3, 0.4) is 0 Å². The predicted molar refractivity (Wildman–Crippen MR) is 51.8 cm³/mol. The molecule has 0 radical (unpaired) electrons. The lowest BCUT2D eigenvalue weighted by Gasteiger charge is -2.17. The van der Waals surface area contributed by atoms with Crippen molar-refractivity contribution in [1.82, 2.24) is 5.32 Å². The molecule has 0 rings (SSSR count). The summed E-state index contributed by atoms with van der Waals surface area (Å²) in [5.41, 5.74) is -1.07. The van der Waals surface area contributed by atoms with Crippen molar-refractivity contribution in [3.63, 3.8) is 0 Å². The van der Waals surface area contributed by atoms with E-state index in [4.69, 9.17) is 6.42 Å². The summed E-state index contributed by atoms with van der Waals surface area (Å²) >= 11 is 0. The Balaban J connectivity index is 3.90. The molecule has 1 unspecified atom stereocenters. The maximum Gasteiger partial charge on any atom is 0.145 e. The van der Waals surface area contributed by atoms with Gasteiger partial charge in [-0.25, -0.2) is 0 Å². The van der Waals surface area contributed by atoms with Gasteiger partial charge in [0.1, 0.15) is 5.60 Å². The zero-order valence-electron chi connectivity index (χ0n) is 7.80. The van der Waals surface area contributed by atoms with Gasteiger partial charge in [0.05, 0.1) is 0 Å². The van der Waals surface area contributed by atoms with Crippen LogP contribution < -0.4 is 5.32 Å². The Labute approximate surface area is 74.7 Å². The SMILES string of the molecule is C#CC(O)(/C=C/C)CCNCC. The van der Waals surface area contributed by atoms with Crippen molar-refractivity contribution in [2.75, 3.05) is 13.1 Å². The fourth-order valence-corrected chi connectivity index (χ4v) is 0.935. The molecule has 0 aliphatic heterocycles. The lowest BCUT2D eigenvalue weighted by atomic mass is 10.0. The fraction of sp³-hybridized carbons (Fsp3) is 0.600. The molecule has 68 valence electrons. The van der Waals surface area contributed by atoms with Gasteiger partial charge in [-0.05, 0) is 26.1 Å². The minimum atomic E-state index is -1.07. The van der Waals surface area contributed by atoms with Crippen molar-refractivity contribution in [1.29, 1.82) is 0 Å². The van der Waals surface area contributed by atoms with Gasteiger partial charge in [0.25, 0.3) is 0 Å². The van der Waals surface area contributed by atoms with Gasteiger partial charge in [0.2, 0.25) is 0 Å². The lowest BCUT2D eigenvalue weighted by Crippen LogP contribution is -2.29. The minimum absolute atomic E-state index is 0.557. The van der Waals surface area contributed by atoms with Crippen LogP contribution in [0.4, 0.5) is 0 Å². The van der Waals surface area contributed by atoms with Crippen molar-refractivity contribution < 1.29 is 5.11 Å². The highest BCUT2D eigenvalue weighted by atomic mass is 16.3. The molecule has 0 bridgehead atoms. The van der Waals surface area contributed by atoms with E-state index in [1.165, 1.54) is 0 Å². The molecular formula is C10H17NO. The topological polar surface area (TPSA) is 32.3 Å². The van der Waals surface area contributed by atoms with Crippen LogP contribution in [0.15, 0.2) is 12.2 Å². The molecule has 2 N–H and O–H groups in total. The summed E-state index contributed by atoms with van der Waals surface area (Å²) in [4.78, 5) is 0. The third-order valence-corrected chi connectivity index (χ3v) is 1.63. The number of hydrogen-bond donors (Lipinski definition) is 2. The molecule has 0 amide bonds. The molecule has 0 saturated heterocycles. The van der Waals surface area contributed by atoms with Crippen LogP contribution in [0, 0.1) is 12.3 Å². The maximum absolute atomic E-state index is 9.68. The van der Waals surface area contributed by atoms with Gasteiger partial charge in [0, 0.05) is 6.42 Å². The van der Waals surface area contributed by atoms with Crippen LogP contribution in [-0.2, 0) is 0 Å². The Morgan fingerprint density at radius 3 is 2.75 bits per heavy atom. The number of terminal acetylenes is 1. The standard InChI is InChI=1S/C10H17NO/c1-4-7-10(12,5-2)8-9-11-6-3/h2,4,7,11-12H,6,8-9H2,1,3H3/b7-4+. The van der Waals surface area contributed by atoms with E-state index in [9.17, 15) is 5.11 Å². The second kappa shape index (κ2) is 5.82. The highest BCUT2D eigenvalue weighted by Gasteiger charge is 2.18. The molecule has 0 aliphatic rings. The van der Waals surface area contributed by atoms with E-state index in [0.29, 0.717) is 6.42 Å². The van der Waals surface area contributed by atoms with Gasteiger partial charge in [-0.2, -0.15) is 0 Å². The zero-order chi connectivity index (χ0) is 9.45. The molecule has 12 heavy (non-hydrogen) atoms. The molecule has 0 saturated carbocycles. The summed E-state index contributed by atoms with van der Waals surface area (Å²) in [5.74, 6) is 2.37. The van der Waals surface area contributed by atoms with E-state index in [0.717, 1.165) is 13.1 Å². The molecule has 0 spiro atoms. The molecule has 0 fully saturated rings. The molecule has 0 aliphatic carbocycles. The smallest absolute Gasteiger partial charge is 0.145 e. The van der Waals surface area contributed by atoms with Gasteiger partial charge in [-0.15, -0.1) is 6.42 Å². The van der Waals surface area contributed by atoms with Gasteiger partial charge >= 0.3 is 0 Å². The first-order chi connectivity index (χ1) is 5.68. The first-order valence-electron chi connectivity index (χ1n) is 4.23. The third-order valence-electron chi connectivity index (χ3n) is 1.63. The van der Waals surface area contributed by atoms with Crippen LogP contribution in [0.2, 0.25) is 0 Å². The minimum Gasteiger partial charge on any atom is -0.374 e. The molecule has 0 aromatic heterocycles. The summed E-state index contributed by atoms with van der Waals surface area (Å²) < 4.78 is 0. The Morgan fingerprint density at radius 2 is 2.33 bits per heavy atom. The van der Waals surface area contributed by atoms with E-state index in [2.05, 4.69) is 11.2 Å². The fourth-order valence-electron chi connectivity index (χ4n) is 0.935. The second-order valence-corrected chi connectivity index (χ2v) is 2.67. The summed E-state index contributed by atoms with van der Waals surface area (Å²) in [6, 6.07) is 0. The number of nitrogens with one attached hydrogen (secondary N) is 1. The van der Waals surface area contributed by atoms with E-state index in [1.54, 1.807) is 12.2 Å². The van der Waals surface area contributed by atoms with Gasteiger partial charge < -0.3 is 10.4 Å². The highest BCUT2D eigenvalue weighted by molar-refractivity contribution is 5.18. The molecule has 0 heterocycles. The van der Waals surface area contributed by atoms with E-state index in [-0.39, 0.29) is 0 Å². The zero-order valence-corrected chi connectivity index (χ0v) is 7.80. The van der Waals surface area contributed by atoms with E-state index >= 15 is 0 Å². The monoisotopic (exact) mass is 167 g/mol. The molecule has 0 aromatic rings. The van der Waals surface area contributed by atoms with Crippen molar-refractivity contribution in [2.45, 2.75) is 25.9 Å². The molecule has 2 nitrogen and oxygen atoms in total. The predicted octanol–water partition coefficient (Wildman–Crippen LogP) is 0.926. The lowest BCUT2D eigenvalue weighted by molar-refractivity contribution is 0.142. The summed E-state index contributed by atoms with van der Waals surface area (Å²) in [6.07, 6.45) is 9.17. The summed E-state index contributed by atoms with van der Waals surface area (Å²) in [7, 11) is 0. The van der Waals surface area contributed by atoms with Crippen molar-refractivity contribution >= 4 is 0 Å². The summed E-state index contributed by atoms with van der Waals surface area (Å²) in [5, 5.41) is 12.8. The number of allylic oxidation sites excluding steroid dienone is 1. The first-order valence-corrected chi connectivity index (χ1v) is 4.23. The second-order valence-electron chi connectivity index (χ2n) is 2.67. The Bertz CT molecular complexity index is 181. The largest absolute Gasteiger partial charge is 0.374 e. The maximum atomic E-state index is 9.68. The van der Waals surface area contributed by atoms with E-state index < -0.39 is 5.60 Å². The average molecular weight is 167 g/mol. The van der Waals surface area contributed by atoms with Gasteiger partial charge in [-0.3, -0.25) is 0 Å². The highest BCUT2D eigenvalue weighted by Crippen LogP contribution is 2.09. The van der Waals surface area contributed by atoms with Crippen LogP contribution >= 0.6 is 0 Å². The quantitative estimate of drug-likeness (QED) is 0.362. The van der Waals surface area contributed by atoms with Gasteiger partial charge in [0.15, 0.2) is 0 Å². The van der Waals surface area contributed by atoms with Crippen LogP contribution in [-0.4, -0.2) is 23.8 Å². The van der Waals surface area contributed by atoms with Crippen LogP contribution in [0.1, 0.15) is 20.3 Å². The van der Waals surface area contributed by atoms with Crippen molar-refractivity contribution in [3.8, 4) is 12.3 Å². The Kier molecular flexibility index (Phi) is 5.44. The van der Waals surface area contributed by atoms with Crippen LogP contribution in [0.5, 0.6) is 0 Å². The van der Waals surface area contributed by atoms with Crippen molar-refractivity contribution in [2.24, 2.45) is 0 Å². The number of hydrogen-bond acceptors (Lipinski definition) is 2. The first kappa shape index (κ1) is 11.2. The third kappa shape index (κ3) is 4.17. The summed E-state index contributed by atoms with van der Waals surface area (Å²) in [6.45, 7) is 5.50. The Hall–Kier alpha value is -0.780. The number of rotatable bonds is 5. The molecule has 2 heteroatoms. The molecular weight excluding hydrogens is 150 g/mol. The Morgan fingerprint density at radius 1 is 1.67 bits per heavy atom. The van der Waals surface area contributed by atoms with Crippen molar-refractivity contribution in [3.05, 3.63) is 12.2 Å².